The topological polar surface area (TPSA) is 9.23 Å². The SMILES string of the molecule is CCCOCC1CCC(CC[C@H]2CC[C@H](C)CC2)CC1. The zero-order valence-electron chi connectivity index (χ0n) is 13.9. The third-order valence-electron chi connectivity index (χ3n) is 5.79. The van der Waals surface area contributed by atoms with Crippen molar-refractivity contribution in [1.29, 1.82) is 0 Å². The zero-order valence-corrected chi connectivity index (χ0v) is 13.9. The highest BCUT2D eigenvalue weighted by atomic mass is 16.5. The molecule has 0 aliphatic heterocycles. The summed E-state index contributed by atoms with van der Waals surface area (Å²) in [7, 11) is 0. The Labute approximate surface area is 126 Å². The molecule has 0 N–H and O–H groups in total. The predicted octanol–water partition coefficient (Wildman–Crippen LogP) is 5.83. The lowest BCUT2D eigenvalue weighted by molar-refractivity contribution is 0.0763. The second-order valence-corrected chi connectivity index (χ2v) is 7.66. The first kappa shape index (κ1) is 16.3. The minimum absolute atomic E-state index is 0.869. The lowest BCUT2D eigenvalue weighted by atomic mass is 9.76. The average Bonchev–Trinajstić information content (AvgIpc) is 2.48. The lowest BCUT2D eigenvalue weighted by Crippen LogP contribution is -2.20. The summed E-state index contributed by atoms with van der Waals surface area (Å²) < 4.78 is 5.72. The Morgan fingerprint density at radius 3 is 1.80 bits per heavy atom. The van der Waals surface area contributed by atoms with Crippen LogP contribution in [0.4, 0.5) is 0 Å². The van der Waals surface area contributed by atoms with Crippen LogP contribution in [0.5, 0.6) is 0 Å². The van der Waals surface area contributed by atoms with Crippen molar-refractivity contribution >= 4 is 0 Å². The van der Waals surface area contributed by atoms with E-state index in [2.05, 4.69) is 13.8 Å². The second-order valence-electron chi connectivity index (χ2n) is 7.66. The van der Waals surface area contributed by atoms with Crippen molar-refractivity contribution in [3.05, 3.63) is 0 Å². The van der Waals surface area contributed by atoms with Gasteiger partial charge in [-0.2, -0.15) is 0 Å². The van der Waals surface area contributed by atoms with E-state index in [1.165, 1.54) is 64.2 Å². The van der Waals surface area contributed by atoms with Crippen molar-refractivity contribution in [2.45, 2.75) is 84.5 Å². The van der Waals surface area contributed by atoms with E-state index in [0.29, 0.717) is 0 Å². The predicted molar refractivity (Wildman–Crippen MR) is 86.9 cm³/mol. The normalized spacial score (nSPS) is 35.1. The van der Waals surface area contributed by atoms with Crippen molar-refractivity contribution in [1.82, 2.24) is 0 Å². The zero-order chi connectivity index (χ0) is 14.2. The number of hydrogen-bond donors (Lipinski definition) is 0. The first-order valence-corrected chi connectivity index (χ1v) is 9.35. The van der Waals surface area contributed by atoms with Gasteiger partial charge in [0.1, 0.15) is 0 Å². The highest BCUT2D eigenvalue weighted by molar-refractivity contribution is 4.75. The molecular weight excluding hydrogens is 244 g/mol. The van der Waals surface area contributed by atoms with Gasteiger partial charge in [-0.05, 0) is 42.9 Å². The summed E-state index contributed by atoms with van der Waals surface area (Å²) in [6.07, 6.45) is 16.0. The third-order valence-corrected chi connectivity index (χ3v) is 5.79. The van der Waals surface area contributed by atoms with E-state index in [0.717, 1.165) is 43.3 Å². The number of ether oxygens (including phenoxy) is 1. The van der Waals surface area contributed by atoms with Crippen LogP contribution in [0.15, 0.2) is 0 Å². The molecule has 2 fully saturated rings. The van der Waals surface area contributed by atoms with Crippen molar-refractivity contribution in [3.63, 3.8) is 0 Å². The molecule has 2 aliphatic carbocycles. The van der Waals surface area contributed by atoms with Crippen molar-refractivity contribution in [2.75, 3.05) is 13.2 Å². The van der Waals surface area contributed by atoms with Gasteiger partial charge in [0.15, 0.2) is 0 Å². The molecule has 0 unspecified atom stereocenters. The van der Waals surface area contributed by atoms with Crippen molar-refractivity contribution in [2.24, 2.45) is 23.7 Å². The van der Waals surface area contributed by atoms with E-state index in [9.17, 15) is 0 Å². The first-order chi connectivity index (χ1) is 9.78. The maximum atomic E-state index is 5.72. The molecule has 2 saturated carbocycles. The fourth-order valence-corrected chi connectivity index (χ4v) is 4.17. The quantitative estimate of drug-likeness (QED) is 0.533. The number of hydrogen-bond acceptors (Lipinski definition) is 1. The van der Waals surface area contributed by atoms with Gasteiger partial charge in [0, 0.05) is 13.2 Å². The Kier molecular flexibility index (Phi) is 7.41. The van der Waals surface area contributed by atoms with Gasteiger partial charge >= 0.3 is 0 Å². The van der Waals surface area contributed by atoms with Crippen LogP contribution in [0.3, 0.4) is 0 Å². The molecule has 0 spiro atoms. The van der Waals surface area contributed by atoms with Gasteiger partial charge in [0.05, 0.1) is 0 Å². The maximum absolute atomic E-state index is 5.72. The van der Waals surface area contributed by atoms with Crippen molar-refractivity contribution < 1.29 is 4.74 Å². The smallest absolute Gasteiger partial charge is 0.0494 e. The Hall–Kier alpha value is -0.0400. The molecule has 0 saturated heterocycles. The molecule has 2 rings (SSSR count). The summed E-state index contributed by atoms with van der Waals surface area (Å²) >= 11 is 0. The molecule has 0 heterocycles. The van der Waals surface area contributed by atoms with E-state index >= 15 is 0 Å². The van der Waals surface area contributed by atoms with Crippen LogP contribution in [-0.2, 0) is 4.74 Å². The van der Waals surface area contributed by atoms with Gasteiger partial charge in [-0.3, -0.25) is 0 Å². The fourth-order valence-electron chi connectivity index (χ4n) is 4.17. The molecule has 0 atom stereocenters. The summed E-state index contributed by atoms with van der Waals surface area (Å²) in [4.78, 5) is 0. The summed E-state index contributed by atoms with van der Waals surface area (Å²) in [6.45, 7) is 6.61. The molecule has 0 aromatic rings. The van der Waals surface area contributed by atoms with Crippen LogP contribution >= 0.6 is 0 Å². The van der Waals surface area contributed by atoms with Crippen molar-refractivity contribution in [3.8, 4) is 0 Å². The fraction of sp³-hybridized carbons (Fsp3) is 1.00. The van der Waals surface area contributed by atoms with Crippen LogP contribution in [0.1, 0.15) is 84.5 Å². The molecule has 20 heavy (non-hydrogen) atoms. The molecule has 0 aromatic carbocycles. The molecule has 0 radical (unpaired) electrons. The Morgan fingerprint density at radius 2 is 1.25 bits per heavy atom. The second kappa shape index (κ2) is 9.07. The minimum Gasteiger partial charge on any atom is -0.381 e. The van der Waals surface area contributed by atoms with Gasteiger partial charge in [-0.1, -0.05) is 65.2 Å². The Balaban J connectivity index is 1.53. The molecule has 1 heteroatoms. The monoisotopic (exact) mass is 280 g/mol. The minimum atomic E-state index is 0.869. The average molecular weight is 280 g/mol. The van der Waals surface area contributed by atoms with Crippen LogP contribution in [-0.4, -0.2) is 13.2 Å². The van der Waals surface area contributed by atoms with E-state index in [-0.39, 0.29) is 0 Å². The molecule has 1 nitrogen and oxygen atoms in total. The highest BCUT2D eigenvalue weighted by Gasteiger charge is 2.23. The summed E-state index contributed by atoms with van der Waals surface area (Å²) in [5, 5.41) is 0. The summed E-state index contributed by atoms with van der Waals surface area (Å²) in [5.41, 5.74) is 0. The van der Waals surface area contributed by atoms with Gasteiger partial charge in [0.25, 0.3) is 0 Å². The van der Waals surface area contributed by atoms with Gasteiger partial charge in [-0.15, -0.1) is 0 Å². The van der Waals surface area contributed by atoms with E-state index in [4.69, 9.17) is 4.74 Å². The summed E-state index contributed by atoms with van der Waals surface area (Å²) in [6, 6.07) is 0. The lowest BCUT2D eigenvalue weighted by Gasteiger charge is -2.31. The first-order valence-electron chi connectivity index (χ1n) is 9.35. The maximum Gasteiger partial charge on any atom is 0.0494 e. The molecule has 118 valence electrons. The van der Waals surface area contributed by atoms with Gasteiger partial charge in [-0.25, -0.2) is 0 Å². The highest BCUT2D eigenvalue weighted by Crippen LogP contribution is 2.36. The van der Waals surface area contributed by atoms with Gasteiger partial charge in [0.2, 0.25) is 0 Å². The third kappa shape index (κ3) is 5.76. The number of rotatable bonds is 7. The van der Waals surface area contributed by atoms with Crippen LogP contribution in [0.2, 0.25) is 0 Å². The molecule has 0 amide bonds. The van der Waals surface area contributed by atoms with Crippen LogP contribution in [0.25, 0.3) is 0 Å². The van der Waals surface area contributed by atoms with E-state index in [1.807, 2.05) is 0 Å². The largest absolute Gasteiger partial charge is 0.381 e. The van der Waals surface area contributed by atoms with Crippen LogP contribution < -0.4 is 0 Å². The van der Waals surface area contributed by atoms with E-state index < -0.39 is 0 Å². The molecular formula is C19H36O. The van der Waals surface area contributed by atoms with Gasteiger partial charge < -0.3 is 4.74 Å². The summed E-state index contributed by atoms with van der Waals surface area (Å²) in [5.74, 6) is 3.98. The Bertz CT molecular complexity index is 234. The van der Waals surface area contributed by atoms with Crippen LogP contribution in [0, 0.1) is 23.7 Å². The standard InChI is InChI=1S/C19H36O/c1-3-14-20-15-19-12-10-18(11-13-19)9-8-17-6-4-16(2)5-7-17/h16-19H,3-15H2,1-2H3/t16-,17-,18?,19?. The molecule has 0 aromatic heterocycles. The Morgan fingerprint density at radius 1 is 0.750 bits per heavy atom. The molecule has 0 bridgehead atoms. The molecule has 2 aliphatic rings. The van der Waals surface area contributed by atoms with E-state index in [1.54, 1.807) is 0 Å².